The van der Waals surface area contributed by atoms with E-state index in [0.717, 1.165) is 29.5 Å². The maximum absolute atomic E-state index is 5.56. The van der Waals surface area contributed by atoms with Crippen LogP contribution in [0.1, 0.15) is 19.3 Å². The Morgan fingerprint density at radius 3 is 2.88 bits per heavy atom. The fourth-order valence-electron chi connectivity index (χ4n) is 1.48. The summed E-state index contributed by atoms with van der Waals surface area (Å²) in [5, 5.41) is 0. The molecule has 1 aromatic carbocycles. The van der Waals surface area contributed by atoms with Gasteiger partial charge in [-0.05, 0) is 47.3 Å². The first-order valence-corrected chi connectivity index (χ1v) is 7.50. The van der Waals surface area contributed by atoms with E-state index in [9.17, 15) is 0 Å². The maximum Gasteiger partial charge on any atom is 0.0311 e. The lowest BCUT2D eigenvalue weighted by atomic mass is 10.1. The molecular formula is C13H19BrN2S. The molecule has 2 nitrogen and oxygen atoms in total. The molecule has 0 aliphatic carbocycles. The average Bonchev–Trinajstić information content (AvgIpc) is 2.35. The molecule has 94 valence electrons. The lowest BCUT2D eigenvalue weighted by Crippen LogP contribution is -2.36. The molecule has 1 atom stereocenters. The van der Waals surface area contributed by atoms with Gasteiger partial charge in [-0.3, -0.25) is 11.3 Å². The van der Waals surface area contributed by atoms with Gasteiger partial charge in [-0.15, -0.1) is 18.3 Å². The van der Waals surface area contributed by atoms with Crippen molar-refractivity contribution >= 4 is 27.7 Å². The number of nitrogens with two attached hydrogens (primary N) is 1. The highest BCUT2D eigenvalue weighted by molar-refractivity contribution is 9.10. The summed E-state index contributed by atoms with van der Waals surface area (Å²) < 4.78 is 1.15. The molecule has 0 amide bonds. The molecule has 0 saturated heterocycles. The van der Waals surface area contributed by atoms with Crippen molar-refractivity contribution in [3.8, 4) is 0 Å². The highest BCUT2D eigenvalue weighted by Crippen LogP contribution is 2.27. The van der Waals surface area contributed by atoms with Gasteiger partial charge in [0.05, 0.1) is 0 Å². The second kappa shape index (κ2) is 8.75. The van der Waals surface area contributed by atoms with Gasteiger partial charge < -0.3 is 0 Å². The minimum absolute atomic E-state index is 0.354. The molecule has 0 heterocycles. The summed E-state index contributed by atoms with van der Waals surface area (Å²) in [6.07, 6.45) is 5.22. The Morgan fingerprint density at radius 1 is 1.47 bits per heavy atom. The Kier molecular flexibility index (Phi) is 7.60. The Bertz CT molecular complexity index is 344. The Morgan fingerprint density at radius 2 is 2.24 bits per heavy atom. The van der Waals surface area contributed by atoms with Gasteiger partial charge >= 0.3 is 0 Å². The van der Waals surface area contributed by atoms with Gasteiger partial charge in [0.25, 0.3) is 0 Å². The molecule has 0 aliphatic heterocycles. The number of hydrogen-bond donors (Lipinski definition) is 2. The van der Waals surface area contributed by atoms with E-state index in [1.807, 2.05) is 23.9 Å². The third kappa shape index (κ3) is 5.73. The third-order valence-electron chi connectivity index (χ3n) is 2.47. The quantitative estimate of drug-likeness (QED) is 0.252. The van der Waals surface area contributed by atoms with Crippen LogP contribution in [0.15, 0.2) is 46.3 Å². The van der Waals surface area contributed by atoms with Crippen LogP contribution >= 0.6 is 27.7 Å². The van der Waals surface area contributed by atoms with E-state index in [1.54, 1.807) is 0 Å². The molecule has 0 bridgehead atoms. The van der Waals surface area contributed by atoms with Crippen LogP contribution in [0.4, 0.5) is 0 Å². The summed E-state index contributed by atoms with van der Waals surface area (Å²) in [7, 11) is 0. The van der Waals surface area contributed by atoms with Crippen LogP contribution < -0.4 is 11.3 Å². The van der Waals surface area contributed by atoms with Crippen LogP contribution in [0.25, 0.3) is 0 Å². The predicted molar refractivity (Wildman–Crippen MR) is 80.0 cm³/mol. The number of halogens is 1. The zero-order chi connectivity index (χ0) is 12.5. The van der Waals surface area contributed by atoms with Crippen molar-refractivity contribution in [1.82, 2.24) is 5.43 Å². The van der Waals surface area contributed by atoms with E-state index < -0.39 is 0 Å². The van der Waals surface area contributed by atoms with E-state index in [4.69, 9.17) is 5.84 Å². The van der Waals surface area contributed by atoms with E-state index in [-0.39, 0.29) is 0 Å². The zero-order valence-corrected chi connectivity index (χ0v) is 12.3. The number of allylic oxidation sites excluding steroid dienone is 1. The molecule has 4 heteroatoms. The largest absolute Gasteiger partial charge is 0.271 e. The molecular weight excluding hydrogens is 296 g/mol. The normalized spacial score (nSPS) is 12.4. The van der Waals surface area contributed by atoms with Crippen molar-refractivity contribution in [2.75, 3.05) is 5.75 Å². The minimum Gasteiger partial charge on any atom is -0.271 e. The van der Waals surface area contributed by atoms with Crippen molar-refractivity contribution in [2.45, 2.75) is 30.2 Å². The summed E-state index contributed by atoms with van der Waals surface area (Å²) in [5.74, 6) is 6.54. The second-order valence-electron chi connectivity index (χ2n) is 3.82. The van der Waals surface area contributed by atoms with Crippen LogP contribution in [-0.4, -0.2) is 11.8 Å². The molecule has 0 spiro atoms. The minimum atomic E-state index is 0.354. The topological polar surface area (TPSA) is 38.0 Å². The summed E-state index contributed by atoms with van der Waals surface area (Å²) in [5.41, 5.74) is 2.88. The highest BCUT2D eigenvalue weighted by atomic mass is 79.9. The SMILES string of the molecule is C=CCCCC(CSc1ccccc1Br)NN. The highest BCUT2D eigenvalue weighted by Gasteiger charge is 2.07. The average molecular weight is 315 g/mol. The molecule has 0 aliphatic rings. The van der Waals surface area contributed by atoms with Gasteiger partial charge in [-0.2, -0.15) is 0 Å². The van der Waals surface area contributed by atoms with Gasteiger partial charge in [0.2, 0.25) is 0 Å². The van der Waals surface area contributed by atoms with Crippen molar-refractivity contribution in [3.63, 3.8) is 0 Å². The first kappa shape index (κ1) is 14.8. The van der Waals surface area contributed by atoms with Gasteiger partial charge in [0.15, 0.2) is 0 Å². The lowest BCUT2D eigenvalue weighted by Gasteiger charge is -2.15. The number of benzene rings is 1. The molecule has 17 heavy (non-hydrogen) atoms. The molecule has 0 aromatic heterocycles. The van der Waals surface area contributed by atoms with Gasteiger partial charge in [0.1, 0.15) is 0 Å². The number of unbranched alkanes of at least 4 members (excludes halogenated alkanes) is 1. The van der Waals surface area contributed by atoms with Crippen LogP contribution in [0, 0.1) is 0 Å². The van der Waals surface area contributed by atoms with Crippen LogP contribution in [0.3, 0.4) is 0 Å². The van der Waals surface area contributed by atoms with Crippen molar-refractivity contribution < 1.29 is 0 Å². The summed E-state index contributed by atoms with van der Waals surface area (Å²) >= 11 is 5.37. The van der Waals surface area contributed by atoms with Crippen molar-refractivity contribution in [3.05, 3.63) is 41.4 Å². The molecule has 0 radical (unpaired) electrons. The smallest absolute Gasteiger partial charge is 0.0311 e. The number of nitrogens with one attached hydrogen (secondary N) is 1. The first-order valence-electron chi connectivity index (χ1n) is 5.72. The maximum atomic E-state index is 5.56. The van der Waals surface area contributed by atoms with E-state index in [2.05, 4.69) is 46.1 Å². The first-order chi connectivity index (χ1) is 8.27. The van der Waals surface area contributed by atoms with Crippen LogP contribution in [0.5, 0.6) is 0 Å². The monoisotopic (exact) mass is 314 g/mol. The second-order valence-corrected chi connectivity index (χ2v) is 5.74. The van der Waals surface area contributed by atoms with Gasteiger partial charge in [0, 0.05) is 21.2 Å². The summed E-state index contributed by atoms with van der Waals surface area (Å²) in [6.45, 7) is 3.73. The Hall–Kier alpha value is -0.290. The molecule has 0 fully saturated rings. The molecule has 1 rings (SSSR count). The Balaban J connectivity index is 2.37. The fraction of sp³-hybridized carbons (Fsp3) is 0.385. The number of rotatable bonds is 8. The summed E-state index contributed by atoms with van der Waals surface area (Å²) in [6, 6.07) is 8.61. The lowest BCUT2D eigenvalue weighted by molar-refractivity contribution is 0.522. The predicted octanol–water partition coefficient (Wildman–Crippen LogP) is 3.73. The zero-order valence-electron chi connectivity index (χ0n) is 9.86. The molecule has 1 unspecified atom stereocenters. The molecule has 0 saturated carbocycles. The van der Waals surface area contributed by atoms with E-state index in [0.29, 0.717) is 6.04 Å². The van der Waals surface area contributed by atoms with Gasteiger partial charge in [-0.25, -0.2) is 0 Å². The molecule has 3 N–H and O–H groups in total. The molecule has 1 aromatic rings. The fourth-order valence-corrected chi connectivity index (χ4v) is 3.13. The Labute approximate surface area is 116 Å². The van der Waals surface area contributed by atoms with Crippen molar-refractivity contribution in [1.29, 1.82) is 0 Å². The summed E-state index contributed by atoms with van der Waals surface area (Å²) in [4.78, 5) is 1.26. The van der Waals surface area contributed by atoms with Crippen LogP contribution in [0.2, 0.25) is 0 Å². The van der Waals surface area contributed by atoms with E-state index >= 15 is 0 Å². The number of thioether (sulfide) groups is 1. The van der Waals surface area contributed by atoms with Crippen molar-refractivity contribution in [2.24, 2.45) is 5.84 Å². The van der Waals surface area contributed by atoms with E-state index in [1.165, 1.54) is 4.90 Å². The number of hydrogen-bond acceptors (Lipinski definition) is 3. The number of hydrazine groups is 1. The van der Waals surface area contributed by atoms with Crippen LogP contribution in [-0.2, 0) is 0 Å². The third-order valence-corrected chi connectivity index (χ3v) is 4.66. The van der Waals surface area contributed by atoms with Gasteiger partial charge in [-0.1, -0.05) is 18.2 Å². The standard InChI is InChI=1S/C13H19BrN2S/c1-2-3-4-7-11(16-15)10-17-13-9-6-5-8-12(13)14/h2,5-6,8-9,11,16H,1,3-4,7,10,15H2.